The fraction of sp³-hybridized carbons (Fsp3) is 0.200. The van der Waals surface area contributed by atoms with Crippen LogP contribution in [0.3, 0.4) is 0 Å². The number of carbonyl (C=O) groups excluding carboxylic acids is 1. The number of rotatable bonds is 4. The molecule has 0 unspecified atom stereocenters. The van der Waals surface area contributed by atoms with Crippen LogP contribution in [0.1, 0.15) is 18.1 Å². The molecule has 19 heavy (non-hydrogen) atoms. The van der Waals surface area contributed by atoms with Crippen molar-refractivity contribution in [3.8, 4) is 11.6 Å². The van der Waals surface area contributed by atoms with Crippen LogP contribution >= 0.6 is 0 Å². The number of nitrogens with zero attached hydrogens (tertiary/aromatic N) is 1. The molecule has 1 heterocycles. The first-order chi connectivity index (χ1) is 9.15. The van der Waals surface area contributed by atoms with E-state index in [9.17, 15) is 4.79 Å². The number of carbonyl (C=O) groups is 1. The van der Waals surface area contributed by atoms with Gasteiger partial charge in [-0.3, -0.25) is 4.79 Å². The first-order valence-corrected chi connectivity index (χ1v) is 5.97. The fourth-order valence-electron chi connectivity index (χ4n) is 1.60. The minimum absolute atomic E-state index is 0.319. The summed E-state index contributed by atoms with van der Waals surface area (Å²) in [4.78, 5) is 14.9. The van der Waals surface area contributed by atoms with E-state index < -0.39 is 0 Å². The second kappa shape index (κ2) is 6.00. The first kappa shape index (κ1) is 13.1. The van der Waals surface area contributed by atoms with Crippen molar-refractivity contribution in [3.05, 3.63) is 53.7 Å². The maximum absolute atomic E-state index is 10.9. The van der Waals surface area contributed by atoms with Crippen LogP contribution in [0, 0.1) is 6.92 Å². The van der Waals surface area contributed by atoms with Gasteiger partial charge < -0.3 is 9.47 Å². The standard InChI is InChI=1S/C15H15NO3/c1-11-8-14(9-16-15(11)19-12(2)17)18-10-13-6-4-3-5-7-13/h3-9H,10H2,1-2H3. The fourth-order valence-corrected chi connectivity index (χ4v) is 1.60. The Morgan fingerprint density at radius 3 is 2.63 bits per heavy atom. The van der Waals surface area contributed by atoms with Gasteiger partial charge in [-0.2, -0.15) is 0 Å². The summed E-state index contributed by atoms with van der Waals surface area (Å²) in [5, 5.41) is 0. The number of aromatic nitrogens is 1. The Balaban J connectivity index is 2.02. The molecule has 0 N–H and O–H groups in total. The molecule has 98 valence electrons. The van der Waals surface area contributed by atoms with Gasteiger partial charge in [-0.1, -0.05) is 30.3 Å². The number of hydrogen-bond acceptors (Lipinski definition) is 4. The molecule has 2 aromatic rings. The highest BCUT2D eigenvalue weighted by atomic mass is 16.5. The normalized spacial score (nSPS) is 10.0. The highest BCUT2D eigenvalue weighted by Gasteiger charge is 2.06. The lowest BCUT2D eigenvalue weighted by atomic mass is 10.2. The van der Waals surface area contributed by atoms with Crippen molar-refractivity contribution in [1.82, 2.24) is 4.98 Å². The Bertz CT molecular complexity index is 567. The molecular weight excluding hydrogens is 242 g/mol. The predicted molar refractivity (Wildman–Crippen MR) is 71.1 cm³/mol. The third-order valence-electron chi connectivity index (χ3n) is 2.49. The van der Waals surface area contributed by atoms with Gasteiger partial charge >= 0.3 is 5.97 Å². The molecule has 0 aliphatic carbocycles. The van der Waals surface area contributed by atoms with Gasteiger partial charge in [-0.05, 0) is 18.6 Å². The van der Waals surface area contributed by atoms with Gasteiger partial charge in [0, 0.05) is 12.5 Å². The lowest BCUT2D eigenvalue weighted by Crippen LogP contribution is -2.05. The summed E-state index contributed by atoms with van der Waals surface area (Å²) in [6, 6.07) is 11.7. The minimum Gasteiger partial charge on any atom is -0.487 e. The van der Waals surface area contributed by atoms with Crippen LogP contribution in [0.15, 0.2) is 42.6 Å². The zero-order valence-electron chi connectivity index (χ0n) is 10.9. The van der Waals surface area contributed by atoms with E-state index in [1.807, 2.05) is 37.3 Å². The van der Waals surface area contributed by atoms with E-state index in [1.54, 1.807) is 12.3 Å². The Morgan fingerprint density at radius 2 is 2.00 bits per heavy atom. The number of hydrogen-bond donors (Lipinski definition) is 0. The van der Waals surface area contributed by atoms with E-state index in [0.29, 0.717) is 18.2 Å². The SMILES string of the molecule is CC(=O)Oc1ncc(OCc2ccccc2)cc1C. The third-order valence-corrected chi connectivity index (χ3v) is 2.49. The second-order valence-corrected chi connectivity index (χ2v) is 4.16. The van der Waals surface area contributed by atoms with Crippen molar-refractivity contribution in [2.24, 2.45) is 0 Å². The quantitative estimate of drug-likeness (QED) is 0.790. The van der Waals surface area contributed by atoms with Crippen LogP contribution in [-0.4, -0.2) is 11.0 Å². The second-order valence-electron chi connectivity index (χ2n) is 4.16. The van der Waals surface area contributed by atoms with E-state index in [0.717, 1.165) is 11.1 Å². The van der Waals surface area contributed by atoms with E-state index in [-0.39, 0.29) is 5.97 Å². The smallest absolute Gasteiger partial charge is 0.309 e. The maximum atomic E-state index is 10.9. The van der Waals surface area contributed by atoms with Gasteiger partial charge in [0.2, 0.25) is 5.88 Å². The summed E-state index contributed by atoms with van der Waals surface area (Å²) in [6.07, 6.45) is 1.55. The van der Waals surface area contributed by atoms with Crippen LogP contribution in [0.4, 0.5) is 0 Å². The van der Waals surface area contributed by atoms with Crippen LogP contribution in [0.2, 0.25) is 0 Å². The lowest BCUT2D eigenvalue weighted by molar-refractivity contribution is -0.132. The summed E-state index contributed by atoms with van der Waals surface area (Å²) in [5.74, 6) is 0.588. The average molecular weight is 257 g/mol. The third kappa shape index (κ3) is 3.81. The molecule has 0 saturated carbocycles. The van der Waals surface area contributed by atoms with Gasteiger partial charge in [-0.25, -0.2) is 4.98 Å². The number of benzene rings is 1. The van der Waals surface area contributed by atoms with Gasteiger partial charge in [0.15, 0.2) is 0 Å². The zero-order valence-corrected chi connectivity index (χ0v) is 10.9. The number of pyridine rings is 1. The van der Waals surface area contributed by atoms with Crippen LogP contribution < -0.4 is 9.47 Å². The number of esters is 1. The lowest BCUT2D eigenvalue weighted by Gasteiger charge is -2.08. The van der Waals surface area contributed by atoms with E-state index >= 15 is 0 Å². The molecule has 1 aromatic heterocycles. The van der Waals surface area contributed by atoms with Crippen LogP contribution in [0.5, 0.6) is 11.6 Å². The number of aryl methyl sites for hydroxylation is 1. The molecule has 0 atom stereocenters. The van der Waals surface area contributed by atoms with Crippen LogP contribution in [-0.2, 0) is 11.4 Å². The monoisotopic (exact) mass is 257 g/mol. The molecule has 0 aliphatic heterocycles. The highest BCUT2D eigenvalue weighted by molar-refractivity contribution is 5.69. The molecule has 0 radical (unpaired) electrons. The van der Waals surface area contributed by atoms with Crippen molar-refractivity contribution in [2.75, 3.05) is 0 Å². The molecule has 0 amide bonds. The molecule has 0 fully saturated rings. The molecule has 2 rings (SSSR count). The van der Waals surface area contributed by atoms with E-state index in [1.165, 1.54) is 6.92 Å². The molecule has 1 aromatic carbocycles. The molecule has 0 bridgehead atoms. The largest absolute Gasteiger partial charge is 0.487 e. The van der Waals surface area contributed by atoms with E-state index in [2.05, 4.69) is 4.98 Å². The molecule has 4 heteroatoms. The Morgan fingerprint density at radius 1 is 1.26 bits per heavy atom. The van der Waals surface area contributed by atoms with Crippen LogP contribution in [0.25, 0.3) is 0 Å². The van der Waals surface area contributed by atoms with Crippen molar-refractivity contribution in [1.29, 1.82) is 0 Å². The van der Waals surface area contributed by atoms with Crippen molar-refractivity contribution < 1.29 is 14.3 Å². The maximum Gasteiger partial charge on any atom is 0.309 e. The topological polar surface area (TPSA) is 48.4 Å². The Kier molecular flexibility index (Phi) is 4.13. The molecule has 0 spiro atoms. The molecule has 0 aliphatic rings. The van der Waals surface area contributed by atoms with Crippen molar-refractivity contribution in [3.63, 3.8) is 0 Å². The van der Waals surface area contributed by atoms with Gasteiger partial charge in [0.25, 0.3) is 0 Å². The Hall–Kier alpha value is -2.36. The molecular formula is C15H15NO3. The summed E-state index contributed by atoms with van der Waals surface area (Å²) in [7, 11) is 0. The summed E-state index contributed by atoms with van der Waals surface area (Å²) in [5.41, 5.74) is 1.85. The average Bonchev–Trinajstić information content (AvgIpc) is 2.40. The summed E-state index contributed by atoms with van der Waals surface area (Å²) in [6.45, 7) is 3.65. The summed E-state index contributed by atoms with van der Waals surface area (Å²) >= 11 is 0. The zero-order chi connectivity index (χ0) is 13.7. The minimum atomic E-state index is -0.381. The van der Waals surface area contributed by atoms with Crippen molar-refractivity contribution in [2.45, 2.75) is 20.5 Å². The highest BCUT2D eigenvalue weighted by Crippen LogP contribution is 2.20. The first-order valence-electron chi connectivity index (χ1n) is 5.97. The number of ether oxygens (including phenoxy) is 2. The van der Waals surface area contributed by atoms with Crippen molar-refractivity contribution >= 4 is 5.97 Å². The van der Waals surface area contributed by atoms with Gasteiger partial charge in [0.1, 0.15) is 12.4 Å². The summed E-state index contributed by atoms with van der Waals surface area (Å²) < 4.78 is 10.6. The molecule has 0 saturated heterocycles. The molecule has 4 nitrogen and oxygen atoms in total. The van der Waals surface area contributed by atoms with Gasteiger partial charge in [0.05, 0.1) is 6.20 Å². The Labute approximate surface area is 112 Å². The van der Waals surface area contributed by atoms with E-state index in [4.69, 9.17) is 9.47 Å². The van der Waals surface area contributed by atoms with Gasteiger partial charge in [-0.15, -0.1) is 0 Å². The predicted octanol–water partition coefficient (Wildman–Crippen LogP) is 2.89.